The second-order valence-corrected chi connectivity index (χ2v) is 8.03. The summed E-state index contributed by atoms with van der Waals surface area (Å²) < 4.78 is 9.97. The first kappa shape index (κ1) is 19.7. The second-order valence-electron chi connectivity index (χ2n) is 8.03. The maximum Gasteiger partial charge on any atom is 0.373 e. The van der Waals surface area contributed by atoms with E-state index >= 15 is 0 Å². The molecule has 28 heavy (non-hydrogen) atoms. The van der Waals surface area contributed by atoms with Crippen LogP contribution in [-0.2, 0) is 27.0 Å². The summed E-state index contributed by atoms with van der Waals surface area (Å²) in [5, 5.41) is 2.77. The van der Waals surface area contributed by atoms with Gasteiger partial charge in [-0.1, -0.05) is 45.0 Å². The molecule has 1 N–H and O–H groups in total. The number of methoxy groups -OCH3 is 1. The van der Waals surface area contributed by atoms with Crippen molar-refractivity contribution in [3.05, 3.63) is 59.0 Å². The van der Waals surface area contributed by atoms with Crippen LogP contribution in [0.25, 0.3) is 0 Å². The number of rotatable bonds is 4. The Hall–Kier alpha value is -3.09. The lowest BCUT2D eigenvalue weighted by atomic mass is 9.84. The molecule has 1 aliphatic heterocycles. The third kappa shape index (κ3) is 3.40. The summed E-state index contributed by atoms with van der Waals surface area (Å²) in [6.45, 7) is 7.94. The summed E-state index contributed by atoms with van der Waals surface area (Å²) in [6, 6.07) is 10.2. The van der Waals surface area contributed by atoms with Gasteiger partial charge in [0.25, 0.3) is 5.91 Å². The van der Waals surface area contributed by atoms with E-state index in [-0.39, 0.29) is 23.6 Å². The highest BCUT2D eigenvalue weighted by molar-refractivity contribution is 6.07. The first-order valence-corrected chi connectivity index (χ1v) is 8.98. The number of carbonyl (C=O) groups is 3. The highest BCUT2D eigenvalue weighted by Gasteiger charge is 2.49. The average molecular weight is 384 g/mol. The van der Waals surface area contributed by atoms with E-state index in [0.29, 0.717) is 11.3 Å². The first-order valence-electron chi connectivity index (χ1n) is 8.98. The highest BCUT2D eigenvalue weighted by atomic mass is 16.5. The van der Waals surface area contributed by atoms with Gasteiger partial charge in [-0.2, -0.15) is 0 Å². The van der Waals surface area contributed by atoms with Crippen LogP contribution in [0.2, 0.25) is 0 Å². The van der Waals surface area contributed by atoms with Gasteiger partial charge in [0.2, 0.25) is 5.76 Å². The second kappa shape index (κ2) is 6.82. The fourth-order valence-electron chi connectivity index (χ4n) is 3.17. The quantitative estimate of drug-likeness (QED) is 0.645. The van der Waals surface area contributed by atoms with Gasteiger partial charge in [0, 0.05) is 0 Å². The smallest absolute Gasteiger partial charge is 0.373 e. The van der Waals surface area contributed by atoms with E-state index in [4.69, 9.17) is 4.42 Å². The molecule has 3 amide bonds. The summed E-state index contributed by atoms with van der Waals surface area (Å²) >= 11 is 0. The number of nitrogens with one attached hydrogen (secondary N) is 1. The van der Waals surface area contributed by atoms with Crippen molar-refractivity contribution in [3.63, 3.8) is 0 Å². The fraction of sp³-hybridized carbons (Fsp3) is 0.381. The molecule has 0 bridgehead atoms. The summed E-state index contributed by atoms with van der Waals surface area (Å²) in [5.74, 6) is -0.662. The Bertz CT molecular complexity index is 923. The van der Waals surface area contributed by atoms with E-state index in [2.05, 4.69) is 30.8 Å². The molecule has 2 aromatic rings. The molecule has 148 valence electrons. The minimum atomic E-state index is -1.16. The van der Waals surface area contributed by atoms with Gasteiger partial charge in [-0.05, 0) is 35.6 Å². The van der Waals surface area contributed by atoms with Crippen molar-refractivity contribution < 1.29 is 23.5 Å². The number of benzene rings is 1. The van der Waals surface area contributed by atoms with Crippen LogP contribution in [0, 0.1) is 0 Å². The number of furan rings is 1. The monoisotopic (exact) mass is 384 g/mol. The van der Waals surface area contributed by atoms with E-state index < -0.39 is 17.5 Å². The molecule has 3 rings (SSSR count). The van der Waals surface area contributed by atoms with Gasteiger partial charge < -0.3 is 14.5 Å². The Balaban J connectivity index is 1.82. The number of amides is 3. The molecular formula is C21H24N2O5. The van der Waals surface area contributed by atoms with Crippen molar-refractivity contribution in [1.82, 2.24) is 10.2 Å². The number of nitrogens with zero attached hydrogens (tertiary/aromatic N) is 1. The van der Waals surface area contributed by atoms with E-state index in [1.807, 2.05) is 24.3 Å². The average Bonchev–Trinajstić information content (AvgIpc) is 3.20. The van der Waals surface area contributed by atoms with E-state index in [0.717, 1.165) is 10.5 Å². The van der Waals surface area contributed by atoms with Crippen LogP contribution in [0.1, 0.15) is 55.1 Å². The Kier molecular flexibility index (Phi) is 4.79. The summed E-state index contributed by atoms with van der Waals surface area (Å²) in [6.07, 6.45) is 0. The van der Waals surface area contributed by atoms with Crippen LogP contribution in [0.15, 0.2) is 40.8 Å². The minimum absolute atomic E-state index is 0.00889. The topological polar surface area (TPSA) is 88.9 Å². The third-order valence-electron chi connectivity index (χ3n) is 4.97. The first-order chi connectivity index (χ1) is 13.1. The number of imide groups is 1. The van der Waals surface area contributed by atoms with E-state index in [9.17, 15) is 14.4 Å². The van der Waals surface area contributed by atoms with Gasteiger partial charge in [-0.3, -0.25) is 9.69 Å². The molecule has 1 aromatic carbocycles. The maximum absolute atomic E-state index is 13.0. The van der Waals surface area contributed by atoms with Gasteiger partial charge in [0.05, 0.1) is 13.7 Å². The largest absolute Gasteiger partial charge is 0.463 e. The van der Waals surface area contributed by atoms with Crippen molar-refractivity contribution in [2.24, 2.45) is 0 Å². The van der Waals surface area contributed by atoms with Crippen molar-refractivity contribution in [2.75, 3.05) is 7.11 Å². The number of carbonyl (C=O) groups excluding carboxylic acids is 3. The number of esters is 1. The van der Waals surface area contributed by atoms with Crippen molar-refractivity contribution in [3.8, 4) is 0 Å². The predicted molar refractivity (Wildman–Crippen MR) is 102 cm³/mol. The Morgan fingerprint density at radius 3 is 2.36 bits per heavy atom. The number of hydrogen-bond donors (Lipinski definition) is 1. The lowest BCUT2D eigenvalue weighted by Crippen LogP contribution is -2.40. The number of hydrogen-bond acceptors (Lipinski definition) is 5. The van der Waals surface area contributed by atoms with Crippen LogP contribution >= 0.6 is 0 Å². The molecule has 1 atom stereocenters. The summed E-state index contributed by atoms with van der Waals surface area (Å²) in [5.41, 5.74) is 0.673. The zero-order valence-electron chi connectivity index (χ0n) is 16.7. The number of ether oxygens (including phenoxy) is 1. The Morgan fingerprint density at radius 2 is 1.79 bits per heavy atom. The molecule has 1 fully saturated rings. The summed E-state index contributed by atoms with van der Waals surface area (Å²) in [4.78, 5) is 38.1. The van der Waals surface area contributed by atoms with Crippen LogP contribution in [0.3, 0.4) is 0 Å². The Morgan fingerprint density at radius 1 is 1.14 bits per heavy atom. The van der Waals surface area contributed by atoms with Crippen molar-refractivity contribution >= 4 is 17.9 Å². The standard InChI is InChI=1S/C21H24N2O5/c1-20(2,3)13-6-8-14(9-7-13)21(4)18(25)23(19(26)22-21)12-15-10-11-16(28-15)17(24)27-5/h6-11H,12H2,1-5H3,(H,22,26). The van der Waals surface area contributed by atoms with Crippen molar-refractivity contribution in [1.29, 1.82) is 0 Å². The van der Waals surface area contributed by atoms with E-state index in [1.54, 1.807) is 13.0 Å². The molecule has 0 saturated carbocycles. The molecule has 1 unspecified atom stereocenters. The van der Waals surface area contributed by atoms with Crippen LogP contribution < -0.4 is 5.32 Å². The molecule has 7 heteroatoms. The molecule has 0 spiro atoms. The molecule has 2 heterocycles. The van der Waals surface area contributed by atoms with Crippen LogP contribution in [-0.4, -0.2) is 29.9 Å². The molecule has 1 aromatic heterocycles. The fourth-order valence-corrected chi connectivity index (χ4v) is 3.17. The lowest BCUT2D eigenvalue weighted by molar-refractivity contribution is -0.131. The SMILES string of the molecule is COC(=O)c1ccc(CN2C(=O)NC(C)(c3ccc(C(C)(C)C)cc3)C2=O)o1. The highest BCUT2D eigenvalue weighted by Crippen LogP contribution is 2.32. The Labute approximate surface area is 163 Å². The molecule has 7 nitrogen and oxygen atoms in total. The molecule has 1 saturated heterocycles. The predicted octanol–water partition coefficient (Wildman–Crippen LogP) is 3.33. The maximum atomic E-state index is 13.0. The van der Waals surface area contributed by atoms with Crippen molar-refractivity contribution in [2.45, 2.75) is 45.2 Å². The third-order valence-corrected chi connectivity index (χ3v) is 4.97. The number of urea groups is 1. The van der Waals surface area contributed by atoms with Gasteiger partial charge in [-0.15, -0.1) is 0 Å². The van der Waals surface area contributed by atoms with Gasteiger partial charge in [0.15, 0.2) is 0 Å². The normalized spacial score (nSPS) is 19.7. The van der Waals surface area contributed by atoms with E-state index in [1.165, 1.54) is 13.2 Å². The molecular weight excluding hydrogens is 360 g/mol. The zero-order chi connectivity index (χ0) is 20.7. The van der Waals surface area contributed by atoms with Gasteiger partial charge >= 0.3 is 12.0 Å². The van der Waals surface area contributed by atoms with Crippen LogP contribution in [0.4, 0.5) is 4.79 Å². The van der Waals surface area contributed by atoms with Crippen LogP contribution in [0.5, 0.6) is 0 Å². The molecule has 0 radical (unpaired) electrons. The van der Waals surface area contributed by atoms with Gasteiger partial charge in [-0.25, -0.2) is 9.59 Å². The minimum Gasteiger partial charge on any atom is -0.463 e. The molecule has 1 aliphatic rings. The zero-order valence-corrected chi connectivity index (χ0v) is 16.7. The molecule has 0 aliphatic carbocycles. The lowest BCUT2D eigenvalue weighted by Gasteiger charge is -2.24. The van der Waals surface area contributed by atoms with Gasteiger partial charge in [0.1, 0.15) is 11.3 Å². The summed E-state index contributed by atoms with van der Waals surface area (Å²) in [7, 11) is 1.25.